The van der Waals surface area contributed by atoms with Crippen molar-refractivity contribution in [3.05, 3.63) is 60.7 Å². The smallest absolute Gasteiger partial charge is 0.319 e. The molecule has 3 heterocycles. The molecule has 3 atom stereocenters. The molecule has 190 valence electrons. The number of piperazine rings is 2. The van der Waals surface area contributed by atoms with Crippen molar-refractivity contribution < 1.29 is 14.4 Å². The molecule has 5 rings (SSSR count). The third-order valence-corrected chi connectivity index (χ3v) is 7.43. The van der Waals surface area contributed by atoms with Crippen molar-refractivity contribution in [2.75, 3.05) is 49.5 Å². The number of nitrogens with one attached hydrogen (secondary N) is 3. The molecule has 4 amide bonds. The van der Waals surface area contributed by atoms with Gasteiger partial charge in [0.05, 0.1) is 6.04 Å². The lowest BCUT2D eigenvalue weighted by Crippen LogP contribution is -2.58. The van der Waals surface area contributed by atoms with E-state index in [1.54, 1.807) is 0 Å². The Balaban J connectivity index is 1.10. The Kier molecular flexibility index (Phi) is 7.36. The van der Waals surface area contributed by atoms with Crippen LogP contribution in [0.1, 0.15) is 19.3 Å². The summed E-state index contributed by atoms with van der Waals surface area (Å²) in [6, 6.07) is 19.0. The lowest BCUT2D eigenvalue weighted by atomic mass is 10.0. The zero-order valence-electron chi connectivity index (χ0n) is 20.4. The molecule has 2 aromatic carbocycles. The van der Waals surface area contributed by atoms with Gasteiger partial charge in [0, 0.05) is 69.1 Å². The second-order valence-corrected chi connectivity index (χ2v) is 9.75. The first-order valence-electron chi connectivity index (χ1n) is 12.8. The van der Waals surface area contributed by atoms with Gasteiger partial charge in [-0.25, -0.2) is 4.79 Å². The summed E-state index contributed by atoms with van der Waals surface area (Å²) in [6.07, 6.45) is 1.72. The van der Waals surface area contributed by atoms with Gasteiger partial charge in [-0.2, -0.15) is 0 Å². The molecule has 0 saturated carbocycles. The predicted molar refractivity (Wildman–Crippen MR) is 139 cm³/mol. The third kappa shape index (κ3) is 5.62. The molecule has 3 aliphatic rings. The summed E-state index contributed by atoms with van der Waals surface area (Å²) in [7, 11) is 0. The molecule has 0 radical (unpaired) electrons. The zero-order valence-corrected chi connectivity index (χ0v) is 20.4. The minimum absolute atomic E-state index is 0.00220. The van der Waals surface area contributed by atoms with Crippen LogP contribution in [0, 0.1) is 0 Å². The summed E-state index contributed by atoms with van der Waals surface area (Å²) >= 11 is 0. The number of fused-ring (bicyclic) bond motifs is 1. The normalized spacial score (nSPS) is 24.1. The lowest BCUT2D eigenvalue weighted by Gasteiger charge is -2.38. The fourth-order valence-corrected chi connectivity index (χ4v) is 5.52. The molecular formula is C27H34N6O3. The van der Waals surface area contributed by atoms with Gasteiger partial charge in [0.25, 0.3) is 0 Å². The first-order valence-corrected chi connectivity index (χ1v) is 12.8. The number of nitrogens with zero attached hydrogens (tertiary/aromatic N) is 3. The van der Waals surface area contributed by atoms with Crippen molar-refractivity contribution in [1.82, 2.24) is 20.4 Å². The third-order valence-electron chi connectivity index (χ3n) is 7.43. The number of hydrogen-bond acceptors (Lipinski definition) is 5. The quantitative estimate of drug-likeness (QED) is 0.575. The molecule has 0 bridgehead atoms. The van der Waals surface area contributed by atoms with E-state index in [9.17, 15) is 14.4 Å². The molecular weight excluding hydrogens is 456 g/mol. The Morgan fingerprint density at radius 1 is 0.944 bits per heavy atom. The lowest BCUT2D eigenvalue weighted by molar-refractivity contribution is -0.132. The van der Waals surface area contributed by atoms with Crippen molar-refractivity contribution in [2.45, 2.75) is 37.4 Å². The maximum Gasteiger partial charge on any atom is 0.319 e. The zero-order chi connectivity index (χ0) is 24.9. The highest BCUT2D eigenvalue weighted by atomic mass is 16.2. The average Bonchev–Trinajstić information content (AvgIpc) is 3.34. The number of urea groups is 1. The average molecular weight is 491 g/mol. The van der Waals surface area contributed by atoms with Crippen LogP contribution < -0.4 is 20.9 Å². The monoisotopic (exact) mass is 490 g/mol. The van der Waals surface area contributed by atoms with Gasteiger partial charge in [0.1, 0.15) is 0 Å². The highest BCUT2D eigenvalue weighted by Gasteiger charge is 2.44. The highest BCUT2D eigenvalue weighted by molar-refractivity contribution is 5.89. The van der Waals surface area contributed by atoms with Gasteiger partial charge in [0.2, 0.25) is 11.8 Å². The van der Waals surface area contributed by atoms with E-state index in [1.165, 1.54) is 5.69 Å². The molecule has 3 N–H and O–H groups in total. The number of rotatable bonds is 6. The number of benzene rings is 2. The summed E-state index contributed by atoms with van der Waals surface area (Å²) in [5, 5.41) is 8.85. The standard InChI is InChI=1S/C27H34N6O3/c34-25(32-15-13-31(14-16-32)22-9-5-2-6-10-22)12-11-23-18-28-26(35)24-17-21(19-33(23)24)30-27(36)29-20-7-3-1-4-8-20/h1-10,21,23-24H,11-19H2,(H,28,35)(H2,29,30,36). The Bertz CT molecular complexity index is 1060. The Labute approximate surface area is 211 Å². The number of anilines is 2. The molecule has 0 spiro atoms. The van der Waals surface area contributed by atoms with E-state index < -0.39 is 0 Å². The van der Waals surface area contributed by atoms with Crippen molar-refractivity contribution in [2.24, 2.45) is 0 Å². The Morgan fingerprint density at radius 3 is 2.36 bits per heavy atom. The number of para-hydroxylation sites is 2. The van der Waals surface area contributed by atoms with Crippen molar-refractivity contribution in [3.63, 3.8) is 0 Å². The van der Waals surface area contributed by atoms with Gasteiger partial charge in [-0.15, -0.1) is 0 Å². The second kappa shape index (κ2) is 11.0. The number of hydrogen-bond donors (Lipinski definition) is 3. The van der Waals surface area contributed by atoms with E-state index in [2.05, 4.69) is 37.9 Å². The van der Waals surface area contributed by atoms with Crippen LogP contribution in [0.15, 0.2) is 60.7 Å². The van der Waals surface area contributed by atoms with E-state index in [0.29, 0.717) is 32.4 Å². The molecule has 3 unspecified atom stereocenters. The molecule has 3 saturated heterocycles. The fraction of sp³-hybridized carbons (Fsp3) is 0.444. The molecule has 3 fully saturated rings. The van der Waals surface area contributed by atoms with Crippen molar-refractivity contribution in [3.8, 4) is 0 Å². The molecule has 3 aliphatic heterocycles. The van der Waals surface area contributed by atoms with E-state index in [1.807, 2.05) is 53.4 Å². The van der Waals surface area contributed by atoms with E-state index in [0.717, 1.165) is 31.9 Å². The van der Waals surface area contributed by atoms with E-state index >= 15 is 0 Å². The van der Waals surface area contributed by atoms with Crippen LogP contribution in [-0.2, 0) is 9.59 Å². The molecule has 9 nitrogen and oxygen atoms in total. The fourth-order valence-electron chi connectivity index (χ4n) is 5.52. The van der Waals surface area contributed by atoms with Crippen LogP contribution in [-0.4, -0.2) is 85.0 Å². The van der Waals surface area contributed by atoms with Gasteiger partial charge in [-0.3, -0.25) is 14.5 Å². The number of carbonyl (C=O) groups is 3. The van der Waals surface area contributed by atoms with Gasteiger partial charge in [-0.1, -0.05) is 36.4 Å². The molecule has 0 aliphatic carbocycles. The largest absolute Gasteiger partial charge is 0.368 e. The summed E-state index contributed by atoms with van der Waals surface area (Å²) in [6.45, 7) is 4.26. The van der Waals surface area contributed by atoms with Gasteiger partial charge in [-0.05, 0) is 37.1 Å². The summed E-state index contributed by atoms with van der Waals surface area (Å²) in [4.78, 5) is 44.4. The first kappa shape index (κ1) is 24.1. The van der Waals surface area contributed by atoms with Crippen LogP contribution in [0.5, 0.6) is 0 Å². The Hall–Kier alpha value is -3.59. The van der Waals surface area contributed by atoms with Gasteiger partial charge in [0.15, 0.2) is 0 Å². The summed E-state index contributed by atoms with van der Waals surface area (Å²) in [5.74, 6) is 0.176. The summed E-state index contributed by atoms with van der Waals surface area (Å²) in [5.41, 5.74) is 1.92. The molecule has 0 aromatic heterocycles. The van der Waals surface area contributed by atoms with E-state index in [4.69, 9.17) is 0 Å². The SMILES string of the molecule is O=C(Nc1ccccc1)NC1CC2C(=O)NCC(CCC(=O)N3CCN(c4ccccc4)CC3)N2C1. The highest BCUT2D eigenvalue weighted by Crippen LogP contribution is 2.26. The van der Waals surface area contributed by atoms with E-state index in [-0.39, 0.29) is 36.0 Å². The molecule has 36 heavy (non-hydrogen) atoms. The number of carbonyl (C=O) groups excluding carboxylic acids is 3. The van der Waals surface area contributed by atoms with Crippen LogP contribution in [0.3, 0.4) is 0 Å². The van der Waals surface area contributed by atoms with Crippen molar-refractivity contribution >= 4 is 29.2 Å². The van der Waals surface area contributed by atoms with Gasteiger partial charge >= 0.3 is 6.03 Å². The van der Waals surface area contributed by atoms with Crippen molar-refractivity contribution in [1.29, 1.82) is 0 Å². The minimum atomic E-state index is -0.271. The van der Waals surface area contributed by atoms with Crippen LogP contribution in [0.4, 0.5) is 16.2 Å². The summed E-state index contributed by atoms with van der Waals surface area (Å²) < 4.78 is 0. The predicted octanol–water partition coefficient (Wildman–Crippen LogP) is 1.88. The first-order chi connectivity index (χ1) is 17.6. The minimum Gasteiger partial charge on any atom is -0.368 e. The number of amides is 4. The molecule has 9 heteroatoms. The topological polar surface area (TPSA) is 97.0 Å². The Morgan fingerprint density at radius 2 is 1.64 bits per heavy atom. The maximum atomic E-state index is 13.0. The maximum absolute atomic E-state index is 13.0. The molecule has 2 aromatic rings. The van der Waals surface area contributed by atoms with Crippen LogP contribution >= 0.6 is 0 Å². The second-order valence-electron chi connectivity index (χ2n) is 9.75. The van der Waals surface area contributed by atoms with Gasteiger partial charge < -0.3 is 25.8 Å². The van der Waals surface area contributed by atoms with Crippen LogP contribution in [0.2, 0.25) is 0 Å². The van der Waals surface area contributed by atoms with Crippen LogP contribution in [0.25, 0.3) is 0 Å².